The highest BCUT2D eigenvalue weighted by molar-refractivity contribution is 5.68. The van der Waals surface area contributed by atoms with Crippen LogP contribution >= 0.6 is 0 Å². The third kappa shape index (κ3) is 5.51. The molecule has 5 nitrogen and oxygen atoms in total. The van der Waals surface area contributed by atoms with Crippen molar-refractivity contribution in [1.29, 1.82) is 0 Å². The molecule has 8 heteroatoms. The van der Waals surface area contributed by atoms with Gasteiger partial charge in [-0.1, -0.05) is 6.07 Å². The molecule has 2 rings (SSSR count). The number of alkyl halides is 3. The van der Waals surface area contributed by atoms with Crippen LogP contribution in [-0.2, 0) is 10.9 Å². The summed E-state index contributed by atoms with van der Waals surface area (Å²) in [6, 6.07) is 3.78. The van der Waals surface area contributed by atoms with Gasteiger partial charge in [0, 0.05) is 18.6 Å². The Balaban J connectivity index is 1.99. The Kier molecular flexibility index (Phi) is 5.49. The minimum atomic E-state index is -4.46. The summed E-state index contributed by atoms with van der Waals surface area (Å²) in [6.45, 7) is 7.78. The van der Waals surface area contributed by atoms with Crippen LogP contribution in [0.4, 0.5) is 23.8 Å². The quantitative estimate of drug-likeness (QED) is 0.868. The van der Waals surface area contributed by atoms with Gasteiger partial charge in [-0.25, -0.2) is 9.78 Å². The molecule has 0 aromatic carbocycles. The maximum Gasteiger partial charge on any atom is 0.433 e. The van der Waals surface area contributed by atoms with Crippen molar-refractivity contribution >= 4 is 11.9 Å². The summed E-state index contributed by atoms with van der Waals surface area (Å²) in [5.74, 6) is 0.304. The number of carbonyl (C=O) groups excluding carboxylic acids is 1. The molecular formula is C17H24F3N3O2. The van der Waals surface area contributed by atoms with Gasteiger partial charge in [0.15, 0.2) is 0 Å². The number of aromatic nitrogens is 1. The zero-order chi connectivity index (χ0) is 18.8. The number of halogens is 3. The van der Waals surface area contributed by atoms with Gasteiger partial charge in [-0.2, -0.15) is 13.2 Å². The van der Waals surface area contributed by atoms with Crippen molar-refractivity contribution in [3.05, 3.63) is 23.9 Å². The second-order valence-corrected chi connectivity index (χ2v) is 7.29. The lowest BCUT2D eigenvalue weighted by Gasteiger charge is -2.39. The number of nitrogens with zero attached hydrogens (tertiary/aromatic N) is 2. The molecule has 1 amide bonds. The van der Waals surface area contributed by atoms with Crippen LogP contribution in [-0.4, -0.2) is 35.3 Å². The Labute approximate surface area is 145 Å². The number of ether oxygens (including phenoxy) is 1. The molecule has 1 aliphatic heterocycles. The van der Waals surface area contributed by atoms with E-state index >= 15 is 0 Å². The van der Waals surface area contributed by atoms with Crippen LogP contribution in [0.2, 0.25) is 0 Å². The van der Waals surface area contributed by atoms with Crippen molar-refractivity contribution in [2.24, 2.45) is 0 Å². The molecule has 1 fully saturated rings. The normalized spacial score (nSPS) is 21.8. The summed E-state index contributed by atoms with van der Waals surface area (Å²) in [6.07, 6.45) is -3.72. The molecule has 1 aromatic heterocycles. The first kappa shape index (κ1) is 19.3. The van der Waals surface area contributed by atoms with E-state index in [1.165, 1.54) is 6.07 Å². The van der Waals surface area contributed by atoms with Crippen LogP contribution in [0.25, 0.3) is 0 Å². The number of hydrogen-bond acceptors (Lipinski definition) is 4. The van der Waals surface area contributed by atoms with E-state index in [-0.39, 0.29) is 12.1 Å². The largest absolute Gasteiger partial charge is 0.444 e. The Morgan fingerprint density at radius 2 is 2.00 bits per heavy atom. The highest BCUT2D eigenvalue weighted by Gasteiger charge is 2.34. The molecule has 2 unspecified atom stereocenters. The Hall–Kier alpha value is -1.99. The molecule has 25 heavy (non-hydrogen) atoms. The summed E-state index contributed by atoms with van der Waals surface area (Å²) >= 11 is 0. The van der Waals surface area contributed by atoms with Gasteiger partial charge >= 0.3 is 12.3 Å². The lowest BCUT2D eigenvalue weighted by molar-refractivity contribution is -0.141. The minimum absolute atomic E-state index is 0.0512. The van der Waals surface area contributed by atoms with Crippen LogP contribution in [0.1, 0.15) is 46.2 Å². The zero-order valence-corrected chi connectivity index (χ0v) is 14.9. The maximum atomic E-state index is 12.8. The molecule has 0 bridgehead atoms. The van der Waals surface area contributed by atoms with Crippen LogP contribution < -0.4 is 10.2 Å². The van der Waals surface area contributed by atoms with Crippen molar-refractivity contribution in [2.45, 2.75) is 64.4 Å². The number of carbonyl (C=O) groups is 1. The average molecular weight is 359 g/mol. The molecule has 1 saturated heterocycles. The number of alkyl carbamates (subject to hydrolysis) is 1. The summed E-state index contributed by atoms with van der Waals surface area (Å²) in [7, 11) is 0. The second-order valence-electron chi connectivity index (χ2n) is 7.29. The fourth-order valence-electron chi connectivity index (χ4n) is 2.86. The molecule has 1 aliphatic rings. The standard InChI is InChI=1S/C17H24F3N3O2/c1-11-10-12(21-15(24)25-16(2,3)4)8-9-23(11)14-7-5-6-13(22-14)17(18,19)20/h5-7,11-12H,8-10H2,1-4H3,(H,21,24). The topological polar surface area (TPSA) is 54.5 Å². The van der Waals surface area contributed by atoms with E-state index < -0.39 is 23.6 Å². The van der Waals surface area contributed by atoms with E-state index in [1.54, 1.807) is 26.8 Å². The van der Waals surface area contributed by atoms with Crippen LogP contribution in [0.5, 0.6) is 0 Å². The number of amides is 1. The predicted molar refractivity (Wildman–Crippen MR) is 88.4 cm³/mol. The van der Waals surface area contributed by atoms with Gasteiger partial charge in [-0.05, 0) is 52.7 Å². The molecule has 1 aromatic rings. The molecule has 1 N–H and O–H groups in total. The number of nitrogens with one attached hydrogen (secondary N) is 1. The minimum Gasteiger partial charge on any atom is -0.444 e. The lowest BCUT2D eigenvalue weighted by Crippen LogP contribution is -2.50. The van der Waals surface area contributed by atoms with Crippen LogP contribution in [0, 0.1) is 0 Å². The molecule has 0 saturated carbocycles. The predicted octanol–water partition coefficient (Wildman–Crippen LogP) is 3.98. The second kappa shape index (κ2) is 7.09. The number of pyridine rings is 1. The molecule has 0 aliphatic carbocycles. The van der Waals surface area contributed by atoms with E-state index in [2.05, 4.69) is 10.3 Å². The SMILES string of the molecule is CC1CC(NC(=O)OC(C)(C)C)CCN1c1cccc(C(F)(F)F)n1. The van der Waals surface area contributed by atoms with Crippen molar-refractivity contribution in [3.63, 3.8) is 0 Å². The summed E-state index contributed by atoms with van der Waals surface area (Å²) in [5, 5.41) is 2.83. The molecule has 140 valence electrons. The van der Waals surface area contributed by atoms with Crippen LogP contribution in [0.15, 0.2) is 18.2 Å². The first-order chi connectivity index (χ1) is 11.5. The third-order valence-corrected chi connectivity index (χ3v) is 3.92. The van der Waals surface area contributed by atoms with Crippen molar-refractivity contribution in [3.8, 4) is 0 Å². The number of piperidine rings is 1. The molecule has 2 atom stereocenters. The summed E-state index contributed by atoms with van der Waals surface area (Å²) in [5.41, 5.74) is -1.47. The van der Waals surface area contributed by atoms with Crippen molar-refractivity contribution in [2.75, 3.05) is 11.4 Å². The summed E-state index contributed by atoms with van der Waals surface area (Å²) in [4.78, 5) is 17.4. The highest BCUT2D eigenvalue weighted by atomic mass is 19.4. The van der Waals surface area contributed by atoms with E-state index in [9.17, 15) is 18.0 Å². The Morgan fingerprint density at radius 3 is 2.56 bits per heavy atom. The zero-order valence-electron chi connectivity index (χ0n) is 14.9. The van der Waals surface area contributed by atoms with Gasteiger partial charge in [0.05, 0.1) is 0 Å². The molecule has 0 spiro atoms. The lowest BCUT2D eigenvalue weighted by atomic mass is 9.98. The first-order valence-electron chi connectivity index (χ1n) is 8.26. The number of anilines is 1. The van der Waals surface area contributed by atoms with Gasteiger partial charge in [0.1, 0.15) is 17.1 Å². The number of rotatable bonds is 2. The van der Waals surface area contributed by atoms with Crippen LogP contribution in [0.3, 0.4) is 0 Å². The van der Waals surface area contributed by atoms with Gasteiger partial charge in [0.2, 0.25) is 0 Å². The van der Waals surface area contributed by atoms with E-state index in [4.69, 9.17) is 4.74 Å². The molecular weight excluding hydrogens is 335 g/mol. The number of hydrogen-bond donors (Lipinski definition) is 1. The highest BCUT2D eigenvalue weighted by Crippen LogP contribution is 2.30. The maximum absolute atomic E-state index is 12.8. The smallest absolute Gasteiger partial charge is 0.433 e. The first-order valence-corrected chi connectivity index (χ1v) is 8.26. The fraction of sp³-hybridized carbons (Fsp3) is 0.647. The van der Waals surface area contributed by atoms with E-state index in [0.29, 0.717) is 25.2 Å². The van der Waals surface area contributed by atoms with Gasteiger partial charge in [0.25, 0.3) is 0 Å². The average Bonchev–Trinajstić information content (AvgIpc) is 2.44. The Bertz CT molecular complexity index is 614. The monoisotopic (exact) mass is 359 g/mol. The van der Waals surface area contributed by atoms with Gasteiger partial charge in [-0.15, -0.1) is 0 Å². The van der Waals surface area contributed by atoms with Crippen molar-refractivity contribution in [1.82, 2.24) is 10.3 Å². The fourth-order valence-corrected chi connectivity index (χ4v) is 2.86. The molecule has 2 heterocycles. The third-order valence-electron chi connectivity index (χ3n) is 3.92. The van der Waals surface area contributed by atoms with Crippen molar-refractivity contribution < 1.29 is 22.7 Å². The van der Waals surface area contributed by atoms with Gasteiger partial charge in [-0.3, -0.25) is 0 Å². The van der Waals surface area contributed by atoms with Gasteiger partial charge < -0.3 is 15.0 Å². The Morgan fingerprint density at radius 1 is 1.32 bits per heavy atom. The van der Waals surface area contributed by atoms with E-state index in [0.717, 1.165) is 6.07 Å². The molecule has 0 radical (unpaired) electrons. The summed E-state index contributed by atoms with van der Waals surface area (Å²) < 4.78 is 43.7. The van der Waals surface area contributed by atoms with E-state index in [1.807, 2.05) is 11.8 Å².